The maximum atomic E-state index is 10.9. The van der Waals surface area contributed by atoms with Crippen LogP contribution >= 0.6 is 7.60 Å². The third kappa shape index (κ3) is 8.42. The van der Waals surface area contributed by atoms with E-state index in [4.69, 9.17) is 19.5 Å². The van der Waals surface area contributed by atoms with Gasteiger partial charge in [-0.1, -0.05) is 48.5 Å². The van der Waals surface area contributed by atoms with Gasteiger partial charge in [-0.15, -0.1) is 0 Å². The van der Waals surface area contributed by atoms with Gasteiger partial charge in [-0.05, 0) is 55.8 Å². The normalized spacial score (nSPS) is 11.7. The number of rotatable bonds is 13. The Balaban J connectivity index is 1.44. The molecule has 0 unspecified atom stereocenters. The van der Waals surface area contributed by atoms with E-state index in [-0.39, 0.29) is 6.16 Å². The number of pyridine rings is 1. The van der Waals surface area contributed by atoms with Crippen molar-refractivity contribution in [2.75, 3.05) is 19.3 Å². The molecule has 0 radical (unpaired) electrons. The number of unbranched alkanes of at least 4 members (excludes halogenated alkanes) is 2. The van der Waals surface area contributed by atoms with Crippen LogP contribution in [-0.2, 0) is 17.5 Å². The third-order valence-electron chi connectivity index (χ3n) is 5.10. The van der Waals surface area contributed by atoms with Gasteiger partial charge in [-0.25, -0.2) is 4.98 Å². The predicted molar refractivity (Wildman–Crippen MR) is 124 cm³/mol. The second-order valence-electron chi connectivity index (χ2n) is 7.70. The molecule has 0 atom stereocenters. The summed E-state index contributed by atoms with van der Waals surface area (Å²) in [5.41, 5.74) is 3.32. The molecule has 0 spiro atoms. The first-order chi connectivity index (χ1) is 15.0. The maximum Gasteiger partial charge on any atom is 0.325 e. The van der Waals surface area contributed by atoms with E-state index in [0.29, 0.717) is 32.0 Å². The van der Waals surface area contributed by atoms with Crippen LogP contribution in [0.4, 0.5) is 0 Å². The minimum absolute atomic E-state index is 0.100. The standard InChI is InChI=1S/C24H31N2O4P/c27-31(28,29)18-8-16-25-19-22-13-7-12-21-14-15-23(26-24(21)22)30-17-6-2-5-11-20-9-3-1-4-10-20/h1,3-4,7,9-10,12-15,25H,2,5-6,8,11,16-19H2,(H2,27,28,29). The van der Waals surface area contributed by atoms with Crippen molar-refractivity contribution in [1.82, 2.24) is 10.3 Å². The Morgan fingerprint density at radius 3 is 2.55 bits per heavy atom. The van der Waals surface area contributed by atoms with Gasteiger partial charge in [0.25, 0.3) is 0 Å². The molecule has 2 aromatic carbocycles. The number of aromatic nitrogens is 1. The van der Waals surface area contributed by atoms with Gasteiger partial charge in [0.15, 0.2) is 0 Å². The van der Waals surface area contributed by atoms with Gasteiger partial charge in [0.1, 0.15) is 0 Å². The summed E-state index contributed by atoms with van der Waals surface area (Å²) >= 11 is 0. The van der Waals surface area contributed by atoms with Gasteiger partial charge in [0, 0.05) is 18.0 Å². The van der Waals surface area contributed by atoms with Gasteiger partial charge in [-0.3, -0.25) is 4.57 Å². The molecule has 1 heterocycles. The van der Waals surface area contributed by atoms with E-state index in [9.17, 15) is 4.57 Å². The number of fused-ring (bicyclic) bond motifs is 1. The molecule has 31 heavy (non-hydrogen) atoms. The summed E-state index contributed by atoms with van der Waals surface area (Å²) in [5, 5.41) is 4.29. The fourth-order valence-electron chi connectivity index (χ4n) is 3.48. The number of nitrogens with one attached hydrogen (secondary N) is 1. The Morgan fingerprint density at radius 1 is 0.903 bits per heavy atom. The molecule has 166 valence electrons. The van der Waals surface area contributed by atoms with Crippen molar-refractivity contribution in [2.45, 2.75) is 38.6 Å². The lowest BCUT2D eigenvalue weighted by Crippen LogP contribution is -2.16. The minimum atomic E-state index is -3.93. The molecule has 0 bridgehead atoms. The Hall–Kier alpha value is -2.24. The molecule has 0 saturated heterocycles. The highest BCUT2D eigenvalue weighted by Crippen LogP contribution is 2.34. The van der Waals surface area contributed by atoms with Crippen LogP contribution in [0.1, 0.15) is 36.8 Å². The Kier molecular flexibility index (Phi) is 9.04. The second-order valence-corrected chi connectivity index (χ2v) is 9.48. The van der Waals surface area contributed by atoms with E-state index < -0.39 is 7.60 Å². The highest BCUT2D eigenvalue weighted by molar-refractivity contribution is 7.51. The number of hydrogen-bond acceptors (Lipinski definition) is 4. The molecule has 3 aromatic rings. The van der Waals surface area contributed by atoms with Crippen molar-refractivity contribution < 1.29 is 19.1 Å². The summed E-state index contributed by atoms with van der Waals surface area (Å²) in [4.78, 5) is 22.6. The lowest BCUT2D eigenvalue weighted by Gasteiger charge is -2.10. The maximum absolute atomic E-state index is 10.9. The molecule has 0 saturated carbocycles. The zero-order valence-corrected chi connectivity index (χ0v) is 18.6. The first-order valence-electron chi connectivity index (χ1n) is 10.8. The molecule has 3 rings (SSSR count). The summed E-state index contributed by atoms with van der Waals surface area (Å²) in [6.45, 7) is 1.78. The molecule has 0 aliphatic carbocycles. The Bertz CT molecular complexity index is 991. The molecule has 3 N–H and O–H groups in total. The molecule has 0 aliphatic heterocycles. The largest absolute Gasteiger partial charge is 0.478 e. The first kappa shape index (κ1) is 23.4. The molecule has 6 nitrogen and oxygen atoms in total. The van der Waals surface area contributed by atoms with Crippen molar-refractivity contribution in [2.24, 2.45) is 0 Å². The quantitative estimate of drug-likeness (QED) is 0.263. The molecule has 0 amide bonds. The van der Waals surface area contributed by atoms with Crippen LogP contribution in [0.5, 0.6) is 5.88 Å². The Labute approximate surface area is 183 Å². The molecular weight excluding hydrogens is 411 g/mol. The number of nitrogens with zero attached hydrogens (tertiary/aromatic N) is 1. The zero-order valence-electron chi connectivity index (χ0n) is 17.7. The lowest BCUT2D eigenvalue weighted by molar-refractivity contribution is 0.295. The zero-order chi connectivity index (χ0) is 21.9. The van der Waals surface area contributed by atoms with Crippen LogP contribution in [0.25, 0.3) is 10.9 Å². The van der Waals surface area contributed by atoms with Gasteiger partial charge < -0.3 is 19.8 Å². The summed E-state index contributed by atoms with van der Waals surface area (Å²) in [6.07, 6.45) is 4.69. The monoisotopic (exact) mass is 442 g/mol. The van der Waals surface area contributed by atoms with E-state index >= 15 is 0 Å². The van der Waals surface area contributed by atoms with Gasteiger partial charge >= 0.3 is 7.60 Å². The van der Waals surface area contributed by atoms with E-state index in [0.717, 1.165) is 42.1 Å². The van der Waals surface area contributed by atoms with E-state index in [2.05, 4.69) is 29.6 Å². The molecular formula is C24H31N2O4P. The van der Waals surface area contributed by atoms with Crippen molar-refractivity contribution in [3.63, 3.8) is 0 Å². The van der Waals surface area contributed by atoms with Crippen LogP contribution in [-0.4, -0.2) is 34.1 Å². The molecule has 0 aliphatic rings. The highest BCUT2D eigenvalue weighted by atomic mass is 31.2. The topological polar surface area (TPSA) is 91.7 Å². The number of para-hydroxylation sites is 1. The van der Waals surface area contributed by atoms with E-state index in [1.165, 1.54) is 5.56 Å². The lowest BCUT2D eigenvalue weighted by atomic mass is 10.1. The number of aryl methyl sites for hydroxylation is 1. The average molecular weight is 442 g/mol. The van der Waals surface area contributed by atoms with Gasteiger partial charge in [0.2, 0.25) is 5.88 Å². The van der Waals surface area contributed by atoms with E-state index in [1.807, 2.05) is 36.4 Å². The number of benzene rings is 2. The summed E-state index contributed by atoms with van der Waals surface area (Å²) in [5.74, 6) is 0.629. The summed E-state index contributed by atoms with van der Waals surface area (Å²) < 4.78 is 16.8. The number of ether oxygens (including phenoxy) is 1. The van der Waals surface area contributed by atoms with Crippen LogP contribution in [0.3, 0.4) is 0 Å². The Morgan fingerprint density at radius 2 is 1.74 bits per heavy atom. The first-order valence-corrected chi connectivity index (χ1v) is 12.6. The fraction of sp³-hybridized carbons (Fsp3) is 0.375. The minimum Gasteiger partial charge on any atom is -0.478 e. The van der Waals surface area contributed by atoms with Crippen LogP contribution in [0.15, 0.2) is 60.7 Å². The van der Waals surface area contributed by atoms with Crippen molar-refractivity contribution in [1.29, 1.82) is 0 Å². The van der Waals surface area contributed by atoms with Crippen molar-refractivity contribution in [3.05, 3.63) is 71.8 Å². The molecule has 1 aromatic heterocycles. The van der Waals surface area contributed by atoms with Crippen LogP contribution < -0.4 is 10.1 Å². The van der Waals surface area contributed by atoms with E-state index in [1.54, 1.807) is 0 Å². The number of hydrogen-bond donors (Lipinski definition) is 3. The fourth-order valence-corrected chi connectivity index (χ4v) is 4.05. The highest BCUT2D eigenvalue weighted by Gasteiger charge is 2.11. The van der Waals surface area contributed by atoms with Crippen LogP contribution in [0.2, 0.25) is 0 Å². The van der Waals surface area contributed by atoms with Crippen molar-refractivity contribution >= 4 is 18.5 Å². The molecule has 0 fully saturated rings. The van der Waals surface area contributed by atoms with Crippen LogP contribution in [0, 0.1) is 0 Å². The predicted octanol–water partition coefficient (Wildman–Crippen LogP) is 4.68. The molecule has 7 heteroatoms. The average Bonchev–Trinajstić information content (AvgIpc) is 2.76. The smallest absolute Gasteiger partial charge is 0.325 e. The summed E-state index contributed by atoms with van der Waals surface area (Å²) in [7, 11) is -3.93. The SMILES string of the molecule is O=P(O)(O)CCCNCc1cccc2ccc(OCCCCCc3ccccc3)nc12. The van der Waals surface area contributed by atoms with Gasteiger partial charge in [-0.2, -0.15) is 0 Å². The summed E-state index contributed by atoms with van der Waals surface area (Å²) in [6, 6.07) is 20.5. The van der Waals surface area contributed by atoms with Crippen molar-refractivity contribution in [3.8, 4) is 5.88 Å². The second kappa shape index (κ2) is 12.0. The third-order valence-corrected chi connectivity index (χ3v) is 6.00. The van der Waals surface area contributed by atoms with Gasteiger partial charge in [0.05, 0.1) is 18.3 Å².